The molecule has 0 radical (unpaired) electrons. The van der Waals surface area contributed by atoms with Crippen LogP contribution >= 0.6 is 0 Å². The number of amides is 1. The lowest BCUT2D eigenvalue weighted by molar-refractivity contribution is -0.0995. The Morgan fingerprint density at radius 3 is 2.77 bits per heavy atom. The summed E-state index contributed by atoms with van der Waals surface area (Å²) >= 11 is 0. The van der Waals surface area contributed by atoms with Gasteiger partial charge in [0.05, 0.1) is 12.1 Å². The molecular formula is C17H20N2O3. The van der Waals surface area contributed by atoms with Crippen molar-refractivity contribution in [2.75, 3.05) is 6.61 Å². The van der Waals surface area contributed by atoms with E-state index < -0.39 is 0 Å². The van der Waals surface area contributed by atoms with Crippen LogP contribution in [-0.2, 0) is 4.74 Å². The molecule has 3 rings (SSSR count). The van der Waals surface area contributed by atoms with Gasteiger partial charge in [-0.2, -0.15) is 0 Å². The highest BCUT2D eigenvalue weighted by Gasteiger charge is 2.44. The fraction of sp³-hybridized carbons (Fsp3) is 0.353. The van der Waals surface area contributed by atoms with E-state index in [0.29, 0.717) is 12.3 Å². The van der Waals surface area contributed by atoms with Gasteiger partial charge < -0.3 is 19.8 Å². The maximum absolute atomic E-state index is 12.1. The van der Waals surface area contributed by atoms with E-state index in [1.165, 1.54) is 0 Å². The Hall–Kier alpha value is -2.27. The lowest BCUT2D eigenvalue weighted by atomic mass is 9.85. The molecular weight excluding hydrogens is 280 g/mol. The van der Waals surface area contributed by atoms with Crippen LogP contribution in [0.15, 0.2) is 48.7 Å². The molecule has 1 saturated carbocycles. The molecule has 1 fully saturated rings. The minimum Gasteiger partial charge on any atom is -0.486 e. The van der Waals surface area contributed by atoms with Gasteiger partial charge in [-0.3, -0.25) is 4.79 Å². The van der Waals surface area contributed by atoms with Crippen molar-refractivity contribution in [3.63, 3.8) is 0 Å². The average Bonchev–Trinajstić information content (AvgIpc) is 3.07. The molecule has 0 unspecified atom stereocenters. The van der Waals surface area contributed by atoms with Crippen molar-refractivity contribution < 1.29 is 14.3 Å². The fourth-order valence-electron chi connectivity index (χ4n) is 2.63. The van der Waals surface area contributed by atoms with Gasteiger partial charge in [0, 0.05) is 19.2 Å². The molecule has 1 aromatic carbocycles. The van der Waals surface area contributed by atoms with Gasteiger partial charge in [-0.1, -0.05) is 18.2 Å². The van der Waals surface area contributed by atoms with Crippen LogP contribution in [0.4, 0.5) is 0 Å². The van der Waals surface area contributed by atoms with Gasteiger partial charge in [-0.25, -0.2) is 0 Å². The van der Waals surface area contributed by atoms with Crippen molar-refractivity contribution >= 4 is 5.91 Å². The summed E-state index contributed by atoms with van der Waals surface area (Å²) in [5.74, 6) is 0.669. The highest BCUT2D eigenvalue weighted by atomic mass is 16.5. The van der Waals surface area contributed by atoms with Crippen molar-refractivity contribution in [2.45, 2.75) is 31.6 Å². The molecule has 0 spiro atoms. The van der Waals surface area contributed by atoms with E-state index in [4.69, 9.17) is 9.47 Å². The Morgan fingerprint density at radius 1 is 1.27 bits per heavy atom. The number of carbonyl (C=O) groups is 1. The molecule has 1 aromatic heterocycles. The standard InChI is InChI=1S/C17H20N2O3/c1-2-21-15-11-14(19-17(20)13-9-6-10-18-13)16(15)22-12-7-4-3-5-8-12/h3-10,14-16,18H,2,11H2,1H3,(H,19,20)/t14-,15+,16+/m0/s1. The number of H-pyrrole nitrogens is 1. The molecule has 2 aromatic rings. The quantitative estimate of drug-likeness (QED) is 0.861. The van der Waals surface area contributed by atoms with Crippen molar-refractivity contribution in [3.05, 3.63) is 54.4 Å². The topological polar surface area (TPSA) is 63.3 Å². The second-order valence-corrected chi connectivity index (χ2v) is 5.29. The normalized spacial score (nSPS) is 23.6. The summed E-state index contributed by atoms with van der Waals surface area (Å²) < 4.78 is 11.7. The second-order valence-electron chi connectivity index (χ2n) is 5.29. The van der Waals surface area contributed by atoms with Gasteiger partial charge in [0.25, 0.3) is 5.91 Å². The van der Waals surface area contributed by atoms with Crippen molar-refractivity contribution in [1.29, 1.82) is 0 Å². The van der Waals surface area contributed by atoms with Crippen molar-refractivity contribution in [2.24, 2.45) is 0 Å². The minimum atomic E-state index is -0.165. The summed E-state index contributed by atoms with van der Waals surface area (Å²) in [5, 5.41) is 3.00. The Balaban J connectivity index is 1.64. The molecule has 1 heterocycles. The average molecular weight is 300 g/mol. The molecule has 3 atom stereocenters. The zero-order valence-corrected chi connectivity index (χ0v) is 12.5. The number of benzene rings is 1. The second kappa shape index (κ2) is 6.66. The first-order valence-corrected chi connectivity index (χ1v) is 7.55. The lowest BCUT2D eigenvalue weighted by Gasteiger charge is -2.43. The monoisotopic (exact) mass is 300 g/mol. The van der Waals surface area contributed by atoms with Gasteiger partial charge in [0.15, 0.2) is 0 Å². The molecule has 22 heavy (non-hydrogen) atoms. The molecule has 1 amide bonds. The molecule has 2 N–H and O–H groups in total. The van der Waals surface area contributed by atoms with Crippen LogP contribution in [0.1, 0.15) is 23.8 Å². The third-order valence-electron chi connectivity index (χ3n) is 3.80. The number of hydrogen-bond acceptors (Lipinski definition) is 3. The smallest absolute Gasteiger partial charge is 0.268 e. The van der Waals surface area contributed by atoms with E-state index in [0.717, 1.165) is 12.2 Å². The van der Waals surface area contributed by atoms with Crippen LogP contribution < -0.4 is 10.1 Å². The van der Waals surface area contributed by atoms with E-state index in [9.17, 15) is 4.79 Å². The molecule has 0 aliphatic heterocycles. The van der Waals surface area contributed by atoms with Crippen LogP contribution in [0.2, 0.25) is 0 Å². The van der Waals surface area contributed by atoms with Crippen LogP contribution in [0.25, 0.3) is 0 Å². The largest absolute Gasteiger partial charge is 0.486 e. The molecule has 1 aliphatic rings. The van der Waals surface area contributed by atoms with E-state index in [2.05, 4.69) is 10.3 Å². The first-order chi connectivity index (χ1) is 10.8. The number of para-hydroxylation sites is 1. The molecule has 0 saturated heterocycles. The number of nitrogens with one attached hydrogen (secondary N) is 2. The Morgan fingerprint density at radius 2 is 2.09 bits per heavy atom. The summed E-state index contributed by atoms with van der Waals surface area (Å²) in [6.45, 7) is 2.60. The summed E-state index contributed by atoms with van der Waals surface area (Å²) in [6, 6.07) is 13.1. The van der Waals surface area contributed by atoms with Crippen molar-refractivity contribution in [1.82, 2.24) is 10.3 Å². The summed E-state index contributed by atoms with van der Waals surface area (Å²) in [5.41, 5.74) is 0.554. The van der Waals surface area contributed by atoms with E-state index >= 15 is 0 Å². The first-order valence-electron chi connectivity index (χ1n) is 7.55. The lowest BCUT2D eigenvalue weighted by Crippen LogP contribution is -2.62. The number of ether oxygens (including phenoxy) is 2. The Bertz CT molecular complexity index is 598. The first kappa shape index (κ1) is 14.7. The number of rotatable bonds is 6. The summed E-state index contributed by atoms with van der Waals surface area (Å²) in [6.07, 6.45) is 2.34. The number of aromatic nitrogens is 1. The maximum atomic E-state index is 12.1. The Labute approximate surface area is 129 Å². The molecule has 1 aliphatic carbocycles. The minimum absolute atomic E-state index is 0.0131. The number of carbonyl (C=O) groups excluding carboxylic acids is 1. The van der Waals surface area contributed by atoms with Crippen LogP contribution in [0.5, 0.6) is 5.75 Å². The highest BCUT2D eigenvalue weighted by Crippen LogP contribution is 2.29. The summed E-state index contributed by atoms with van der Waals surface area (Å²) in [7, 11) is 0. The highest BCUT2D eigenvalue weighted by molar-refractivity contribution is 5.92. The number of hydrogen-bond donors (Lipinski definition) is 2. The predicted octanol–water partition coefficient (Wildman–Crippen LogP) is 2.37. The van der Waals surface area contributed by atoms with Gasteiger partial charge >= 0.3 is 0 Å². The zero-order chi connectivity index (χ0) is 15.4. The third kappa shape index (κ3) is 3.14. The molecule has 5 nitrogen and oxygen atoms in total. The number of aromatic amines is 1. The Kier molecular flexibility index (Phi) is 4.44. The maximum Gasteiger partial charge on any atom is 0.268 e. The van der Waals surface area contributed by atoms with Crippen molar-refractivity contribution in [3.8, 4) is 5.75 Å². The van der Waals surface area contributed by atoms with Gasteiger partial charge in [-0.15, -0.1) is 0 Å². The SMILES string of the molecule is CCO[C@@H]1C[C@H](NC(=O)c2ccc[nH]2)[C@H]1Oc1ccccc1. The fourth-order valence-corrected chi connectivity index (χ4v) is 2.63. The zero-order valence-electron chi connectivity index (χ0n) is 12.5. The molecule has 0 bridgehead atoms. The van der Waals surface area contributed by atoms with E-state index in [1.807, 2.05) is 37.3 Å². The van der Waals surface area contributed by atoms with Gasteiger partial charge in [0.2, 0.25) is 0 Å². The van der Waals surface area contributed by atoms with E-state index in [-0.39, 0.29) is 24.2 Å². The molecule has 116 valence electrons. The van der Waals surface area contributed by atoms with Gasteiger partial charge in [0.1, 0.15) is 17.5 Å². The summed E-state index contributed by atoms with van der Waals surface area (Å²) in [4.78, 5) is 15.0. The van der Waals surface area contributed by atoms with Gasteiger partial charge in [-0.05, 0) is 31.2 Å². The van der Waals surface area contributed by atoms with Crippen LogP contribution in [0.3, 0.4) is 0 Å². The van der Waals surface area contributed by atoms with Crippen LogP contribution in [0, 0.1) is 0 Å². The van der Waals surface area contributed by atoms with E-state index in [1.54, 1.807) is 18.3 Å². The predicted molar refractivity (Wildman–Crippen MR) is 82.9 cm³/mol. The third-order valence-corrected chi connectivity index (χ3v) is 3.80. The molecule has 5 heteroatoms. The van der Waals surface area contributed by atoms with Crippen LogP contribution in [-0.4, -0.2) is 35.7 Å².